The maximum atomic E-state index is 5.50. The van der Waals surface area contributed by atoms with Crippen LogP contribution in [0.3, 0.4) is 0 Å². The van der Waals surface area contributed by atoms with Crippen LogP contribution in [0.1, 0.15) is 4.28 Å². The fourth-order valence-electron chi connectivity index (χ4n) is 1.35. The van der Waals surface area contributed by atoms with E-state index in [1.807, 2.05) is 60.7 Å². The highest BCUT2D eigenvalue weighted by Gasteiger charge is 1.93. The molecule has 0 aromatic heterocycles. The van der Waals surface area contributed by atoms with Crippen molar-refractivity contribution in [1.82, 2.24) is 0 Å². The molecule has 2 rings (SSSR count). The largest absolute Gasteiger partial charge is 0.490 e. The van der Waals surface area contributed by atoms with Crippen molar-refractivity contribution < 1.29 is 13.8 Å². The van der Waals surface area contributed by atoms with Gasteiger partial charge in [-0.3, -0.25) is 0 Å². The molecule has 2 nitrogen and oxygen atoms in total. The molecule has 0 fully saturated rings. The molecule has 0 spiro atoms. The Balaban J connectivity index is 0. The van der Waals surface area contributed by atoms with Crippen LogP contribution in [0, 0.1) is 0 Å². The van der Waals surface area contributed by atoms with Gasteiger partial charge in [-0.2, -0.15) is 0 Å². The van der Waals surface area contributed by atoms with Crippen molar-refractivity contribution in [3.05, 3.63) is 60.7 Å². The van der Waals surface area contributed by atoms with E-state index >= 15 is 0 Å². The third kappa shape index (κ3) is 3.31. The number of hydrogen-bond donors (Lipinski definition) is 0. The maximum Gasteiger partial charge on any atom is 0.122 e. The van der Waals surface area contributed by atoms with Crippen molar-refractivity contribution in [2.75, 3.05) is 13.2 Å². The second-order valence-corrected chi connectivity index (χ2v) is 3.32. The van der Waals surface area contributed by atoms with Crippen LogP contribution in [0.5, 0.6) is 11.5 Å². The molecule has 16 heavy (non-hydrogen) atoms. The van der Waals surface area contributed by atoms with Crippen molar-refractivity contribution >= 4 is 0 Å². The highest BCUT2D eigenvalue weighted by Crippen LogP contribution is 2.10. The maximum absolute atomic E-state index is 5.50. The Hall–Kier alpha value is -1.96. The topological polar surface area (TPSA) is 18.5 Å². The smallest absolute Gasteiger partial charge is 0.122 e. The van der Waals surface area contributed by atoms with Gasteiger partial charge in [-0.1, -0.05) is 36.4 Å². The molecule has 0 radical (unpaired) electrons. The second kappa shape index (κ2) is 5.81. The van der Waals surface area contributed by atoms with Gasteiger partial charge in [0.2, 0.25) is 0 Å². The summed E-state index contributed by atoms with van der Waals surface area (Å²) in [5, 5.41) is 0. The summed E-state index contributed by atoms with van der Waals surface area (Å²) in [7, 11) is 0. The summed E-state index contributed by atoms with van der Waals surface area (Å²) in [5.41, 5.74) is 0. The van der Waals surface area contributed by atoms with E-state index in [1.165, 1.54) is 0 Å². The molecule has 0 N–H and O–H groups in total. The minimum absolute atomic E-state index is 0. The summed E-state index contributed by atoms with van der Waals surface area (Å²) < 4.78 is 11.0. The van der Waals surface area contributed by atoms with Gasteiger partial charge < -0.3 is 9.47 Å². The first-order valence-electron chi connectivity index (χ1n) is 5.31. The fraction of sp³-hybridized carbons (Fsp3) is 0.143. The molecular weight excluding hydrogens is 200 g/mol. The van der Waals surface area contributed by atoms with Crippen molar-refractivity contribution in [2.45, 2.75) is 0 Å². The van der Waals surface area contributed by atoms with Gasteiger partial charge in [0.15, 0.2) is 0 Å². The van der Waals surface area contributed by atoms with E-state index in [1.54, 1.807) is 0 Å². The van der Waals surface area contributed by atoms with Crippen LogP contribution in [0.25, 0.3) is 0 Å². The summed E-state index contributed by atoms with van der Waals surface area (Å²) in [6.07, 6.45) is 0. The normalized spacial score (nSPS) is 9.75. The first kappa shape index (κ1) is 10.6. The molecule has 0 heterocycles. The van der Waals surface area contributed by atoms with E-state index < -0.39 is 0 Å². The summed E-state index contributed by atoms with van der Waals surface area (Å²) in [6, 6.07) is 19.5. The lowest BCUT2D eigenvalue weighted by Gasteiger charge is -2.07. The van der Waals surface area contributed by atoms with Gasteiger partial charge in [0.1, 0.15) is 24.7 Å². The van der Waals surface area contributed by atoms with Crippen LogP contribution in [-0.2, 0) is 0 Å². The van der Waals surface area contributed by atoms with Crippen molar-refractivity contribution in [3.63, 3.8) is 0 Å². The standard InChI is InChI=1S/C14H14O2.3H2/c1-3-7-13(8-4-1)15-11-12-16-14-9-5-2-6-10-14;;;/h1-10H,11-12H2;3*1H. The van der Waals surface area contributed by atoms with Gasteiger partial charge in [0.25, 0.3) is 0 Å². The van der Waals surface area contributed by atoms with Crippen molar-refractivity contribution in [2.24, 2.45) is 0 Å². The van der Waals surface area contributed by atoms with Gasteiger partial charge >= 0.3 is 0 Å². The lowest BCUT2D eigenvalue weighted by atomic mass is 10.3. The van der Waals surface area contributed by atoms with E-state index in [2.05, 4.69) is 0 Å². The SMILES string of the molecule is [HH].[HH].[HH].c1ccc(OCCOc2ccccc2)cc1. The van der Waals surface area contributed by atoms with Crippen LogP contribution in [0.15, 0.2) is 60.7 Å². The van der Waals surface area contributed by atoms with Crippen LogP contribution in [-0.4, -0.2) is 13.2 Å². The zero-order valence-electron chi connectivity index (χ0n) is 9.00. The quantitative estimate of drug-likeness (QED) is 0.712. The number of benzene rings is 2. The molecule has 0 aliphatic heterocycles. The monoisotopic (exact) mass is 220 g/mol. The molecule has 0 atom stereocenters. The van der Waals surface area contributed by atoms with Crippen molar-refractivity contribution in [1.29, 1.82) is 0 Å². The molecule has 0 aliphatic carbocycles. The van der Waals surface area contributed by atoms with E-state index in [-0.39, 0.29) is 4.28 Å². The number of ether oxygens (including phenoxy) is 2. The second-order valence-electron chi connectivity index (χ2n) is 3.32. The molecule has 0 amide bonds. The number of rotatable bonds is 5. The number of para-hydroxylation sites is 2. The van der Waals surface area contributed by atoms with E-state index in [0.29, 0.717) is 13.2 Å². The molecule has 2 heteroatoms. The first-order valence-corrected chi connectivity index (χ1v) is 5.31. The zero-order valence-corrected chi connectivity index (χ0v) is 9.00. The van der Waals surface area contributed by atoms with E-state index in [9.17, 15) is 0 Å². The Labute approximate surface area is 99.9 Å². The third-order valence-corrected chi connectivity index (χ3v) is 2.11. The third-order valence-electron chi connectivity index (χ3n) is 2.11. The minimum atomic E-state index is 0. The molecule has 0 aliphatic rings. The van der Waals surface area contributed by atoms with E-state index in [4.69, 9.17) is 9.47 Å². The zero-order chi connectivity index (χ0) is 11.1. The first-order chi connectivity index (χ1) is 7.95. The van der Waals surface area contributed by atoms with Gasteiger partial charge in [0.05, 0.1) is 0 Å². The lowest BCUT2D eigenvalue weighted by molar-refractivity contribution is 0.217. The Morgan fingerprint density at radius 3 is 1.38 bits per heavy atom. The lowest BCUT2D eigenvalue weighted by Crippen LogP contribution is -2.08. The summed E-state index contributed by atoms with van der Waals surface area (Å²) in [4.78, 5) is 0. The molecule has 88 valence electrons. The Morgan fingerprint density at radius 2 is 1.00 bits per heavy atom. The number of hydrogen-bond acceptors (Lipinski definition) is 2. The molecule has 0 saturated carbocycles. The van der Waals surface area contributed by atoms with Gasteiger partial charge in [-0.05, 0) is 24.3 Å². The van der Waals surface area contributed by atoms with Crippen LogP contribution >= 0.6 is 0 Å². The molecule has 2 aromatic rings. The van der Waals surface area contributed by atoms with E-state index in [0.717, 1.165) is 11.5 Å². The van der Waals surface area contributed by atoms with Crippen LogP contribution in [0.4, 0.5) is 0 Å². The fourth-order valence-corrected chi connectivity index (χ4v) is 1.35. The average Bonchev–Trinajstić information content (AvgIpc) is 2.37. The molecule has 0 saturated heterocycles. The molecule has 2 aromatic carbocycles. The molecular formula is C14H20O2. The van der Waals surface area contributed by atoms with Crippen LogP contribution < -0.4 is 9.47 Å². The molecule has 0 bridgehead atoms. The summed E-state index contributed by atoms with van der Waals surface area (Å²) in [5.74, 6) is 1.75. The average molecular weight is 220 g/mol. The highest BCUT2D eigenvalue weighted by atomic mass is 16.5. The van der Waals surface area contributed by atoms with Crippen LogP contribution in [0.2, 0.25) is 0 Å². The molecule has 0 unspecified atom stereocenters. The van der Waals surface area contributed by atoms with Crippen molar-refractivity contribution in [3.8, 4) is 11.5 Å². The Kier molecular flexibility index (Phi) is 3.83. The Bertz CT molecular complexity index is 368. The minimum Gasteiger partial charge on any atom is -0.490 e. The predicted molar refractivity (Wildman–Crippen MR) is 70.2 cm³/mol. The Morgan fingerprint density at radius 1 is 0.625 bits per heavy atom. The summed E-state index contributed by atoms with van der Waals surface area (Å²) >= 11 is 0. The predicted octanol–water partition coefficient (Wildman–Crippen LogP) is 3.88. The van der Waals surface area contributed by atoms with Gasteiger partial charge in [-0.25, -0.2) is 0 Å². The highest BCUT2D eigenvalue weighted by molar-refractivity contribution is 5.21. The van der Waals surface area contributed by atoms with Gasteiger partial charge in [-0.15, -0.1) is 0 Å². The van der Waals surface area contributed by atoms with Gasteiger partial charge in [0, 0.05) is 4.28 Å². The summed E-state index contributed by atoms with van der Waals surface area (Å²) in [6.45, 7) is 1.11.